The van der Waals surface area contributed by atoms with Crippen LogP contribution in [-0.2, 0) is 9.53 Å². The van der Waals surface area contributed by atoms with Crippen molar-refractivity contribution in [2.45, 2.75) is 105 Å². The molecule has 0 aliphatic carbocycles. The molecular formula is C32H54N3O4S+. The molecule has 1 aromatic heterocycles. The third-order valence-electron chi connectivity index (χ3n) is 6.94. The standard InChI is InChI=1S/C29H44N3O3S.C2H6.CH4O/c1-4-6-8-10-14-20-26(33)35-29(24-17-12-11-13-18-24)32(3)21-16-19-25(23-32)27-28(31-36-30-27)34-22-15-9-7-5-2;2*1-2/h11-13,17-19,29H,4-10,14-16,20-23H2,1-3H3;1-2H3;2H,1H3/q+1;;. The van der Waals surface area contributed by atoms with Crippen molar-refractivity contribution in [3.05, 3.63) is 47.7 Å². The molecule has 1 aliphatic rings. The fourth-order valence-electron chi connectivity index (χ4n) is 4.84. The van der Waals surface area contributed by atoms with Gasteiger partial charge in [0.25, 0.3) is 12.1 Å². The monoisotopic (exact) mass is 576 g/mol. The number of carbonyl (C=O) groups excluding carboxylic acids is 1. The van der Waals surface area contributed by atoms with Crippen LogP contribution >= 0.6 is 11.7 Å². The van der Waals surface area contributed by atoms with Crippen LogP contribution < -0.4 is 4.74 Å². The lowest BCUT2D eigenvalue weighted by molar-refractivity contribution is -0.953. The predicted octanol–water partition coefficient (Wildman–Crippen LogP) is 7.97. The molecule has 40 heavy (non-hydrogen) atoms. The quantitative estimate of drug-likeness (QED) is 0.124. The van der Waals surface area contributed by atoms with Gasteiger partial charge in [-0.3, -0.25) is 9.28 Å². The van der Waals surface area contributed by atoms with Gasteiger partial charge in [0.05, 0.1) is 37.5 Å². The fraction of sp³-hybridized carbons (Fsp3) is 0.656. The summed E-state index contributed by atoms with van der Waals surface area (Å²) >= 11 is 1.20. The molecule has 0 saturated carbocycles. The Kier molecular flexibility index (Phi) is 19.2. The Labute approximate surface area is 247 Å². The summed E-state index contributed by atoms with van der Waals surface area (Å²) in [5.74, 6) is 0.527. The van der Waals surface area contributed by atoms with Crippen LogP contribution in [0, 0.1) is 0 Å². The molecule has 7 nitrogen and oxygen atoms in total. The van der Waals surface area contributed by atoms with Crippen molar-refractivity contribution in [3.63, 3.8) is 0 Å². The van der Waals surface area contributed by atoms with Crippen LogP contribution in [-0.4, -0.2) is 58.2 Å². The van der Waals surface area contributed by atoms with Crippen molar-refractivity contribution in [2.24, 2.45) is 0 Å². The lowest BCUT2D eigenvalue weighted by Crippen LogP contribution is -2.51. The largest absolute Gasteiger partial charge is 0.475 e. The number of likely N-dealkylation sites (N-methyl/N-ethyl adjacent to an activating group) is 1. The Morgan fingerprint density at radius 2 is 1.62 bits per heavy atom. The van der Waals surface area contributed by atoms with E-state index in [1.54, 1.807) is 0 Å². The highest BCUT2D eigenvalue weighted by atomic mass is 32.1. The molecule has 0 saturated heterocycles. The first-order valence-electron chi connectivity index (χ1n) is 15.3. The summed E-state index contributed by atoms with van der Waals surface area (Å²) in [6.45, 7) is 10.7. The van der Waals surface area contributed by atoms with E-state index < -0.39 is 0 Å². The number of hydrogen-bond donors (Lipinski definition) is 1. The number of aromatic nitrogens is 2. The first-order valence-corrected chi connectivity index (χ1v) is 16.0. The maximum absolute atomic E-state index is 12.9. The lowest BCUT2D eigenvalue weighted by atomic mass is 10.0. The van der Waals surface area contributed by atoms with Gasteiger partial charge in [-0.1, -0.05) is 96.9 Å². The fourth-order valence-corrected chi connectivity index (χ4v) is 5.37. The molecule has 0 spiro atoms. The van der Waals surface area contributed by atoms with E-state index in [0.717, 1.165) is 56.2 Å². The molecule has 0 radical (unpaired) electrons. The Morgan fingerprint density at radius 3 is 2.30 bits per heavy atom. The summed E-state index contributed by atoms with van der Waals surface area (Å²) in [7, 11) is 3.18. The number of esters is 1. The van der Waals surface area contributed by atoms with E-state index in [1.165, 1.54) is 50.3 Å². The van der Waals surface area contributed by atoms with Gasteiger partial charge in [0.1, 0.15) is 12.2 Å². The van der Waals surface area contributed by atoms with Crippen LogP contribution in [0.5, 0.6) is 5.88 Å². The second-order valence-corrected chi connectivity index (χ2v) is 10.7. The zero-order valence-corrected chi connectivity index (χ0v) is 26.7. The number of carbonyl (C=O) groups is 1. The molecule has 2 aromatic rings. The van der Waals surface area contributed by atoms with Gasteiger partial charge in [0.2, 0.25) is 0 Å². The third kappa shape index (κ3) is 12.1. The normalized spacial score (nSPS) is 16.9. The molecule has 1 aromatic carbocycles. The van der Waals surface area contributed by atoms with Crippen molar-refractivity contribution >= 4 is 23.3 Å². The van der Waals surface area contributed by atoms with E-state index >= 15 is 0 Å². The molecule has 0 bridgehead atoms. The summed E-state index contributed by atoms with van der Waals surface area (Å²) < 4.78 is 21.9. The number of unbranched alkanes of at least 4 members (excludes halogenated alkanes) is 7. The van der Waals surface area contributed by atoms with Gasteiger partial charge in [-0.15, -0.1) is 4.37 Å². The lowest BCUT2D eigenvalue weighted by Gasteiger charge is -2.42. The van der Waals surface area contributed by atoms with Crippen molar-refractivity contribution in [1.82, 2.24) is 8.75 Å². The number of ether oxygens (including phenoxy) is 2. The summed E-state index contributed by atoms with van der Waals surface area (Å²) in [5, 5.41) is 7.00. The SMILES string of the molecule is CC.CCCCCCCC(=O)OC(c1ccccc1)[N+]1(C)CCC=C(c2nsnc2OCCCCCC)C1.CO. The van der Waals surface area contributed by atoms with E-state index in [0.29, 0.717) is 29.9 Å². The average molecular weight is 577 g/mol. The van der Waals surface area contributed by atoms with E-state index in [-0.39, 0.29) is 12.2 Å². The Bertz CT molecular complexity index is 951. The van der Waals surface area contributed by atoms with Crippen molar-refractivity contribution in [2.75, 3.05) is 33.9 Å². The number of quaternary nitrogens is 1. The van der Waals surface area contributed by atoms with E-state index in [2.05, 4.69) is 47.9 Å². The summed E-state index contributed by atoms with van der Waals surface area (Å²) in [4.78, 5) is 12.9. The van der Waals surface area contributed by atoms with Gasteiger partial charge in [-0.25, -0.2) is 0 Å². The highest BCUT2D eigenvalue weighted by molar-refractivity contribution is 6.99. The Hall–Kier alpha value is -2.29. The molecule has 3 rings (SSSR count). The zero-order chi connectivity index (χ0) is 29.6. The van der Waals surface area contributed by atoms with Gasteiger partial charge in [-0.05, 0) is 25.0 Å². The number of aliphatic hydroxyl groups is 1. The number of nitrogens with zero attached hydrogens (tertiary/aromatic N) is 3. The average Bonchev–Trinajstić information content (AvgIpc) is 3.47. The number of rotatable bonds is 16. The zero-order valence-electron chi connectivity index (χ0n) is 25.9. The molecular weight excluding hydrogens is 522 g/mol. The van der Waals surface area contributed by atoms with Crippen molar-refractivity contribution < 1.29 is 23.9 Å². The van der Waals surface area contributed by atoms with E-state index in [1.807, 2.05) is 32.0 Å². The minimum absolute atomic E-state index is 0.109. The summed E-state index contributed by atoms with van der Waals surface area (Å²) in [6.07, 6.45) is 13.5. The van der Waals surface area contributed by atoms with Crippen molar-refractivity contribution in [1.29, 1.82) is 0 Å². The minimum Gasteiger partial charge on any atom is -0.475 e. The van der Waals surface area contributed by atoms with Crippen molar-refractivity contribution in [3.8, 4) is 5.88 Å². The Morgan fingerprint density at radius 1 is 0.975 bits per heavy atom. The second-order valence-electron chi connectivity index (χ2n) is 10.1. The second kappa shape index (κ2) is 21.5. The molecule has 0 amide bonds. The first kappa shape index (κ1) is 35.7. The maximum atomic E-state index is 12.9. The molecule has 226 valence electrons. The predicted molar refractivity (Wildman–Crippen MR) is 166 cm³/mol. The van der Waals surface area contributed by atoms with E-state index in [9.17, 15) is 4.79 Å². The smallest absolute Gasteiger partial charge is 0.310 e. The minimum atomic E-state index is -0.358. The maximum Gasteiger partial charge on any atom is 0.310 e. The van der Waals surface area contributed by atoms with Crippen LogP contribution in [0.4, 0.5) is 0 Å². The summed E-state index contributed by atoms with van der Waals surface area (Å²) in [5.41, 5.74) is 3.00. The number of aliphatic hydroxyl groups excluding tert-OH is 1. The topological polar surface area (TPSA) is 81.5 Å². The summed E-state index contributed by atoms with van der Waals surface area (Å²) in [6, 6.07) is 10.2. The Balaban J connectivity index is 0.00000191. The molecule has 8 heteroatoms. The van der Waals surface area contributed by atoms with Gasteiger partial charge in [-0.2, -0.15) is 4.37 Å². The number of hydrogen-bond acceptors (Lipinski definition) is 7. The molecule has 2 unspecified atom stereocenters. The molecule has 2 atom stereocenters. The molecule has 2 heterocycles. The highest BCUT2D eigenvalue weighted by Crippen LogP contribution is 2.37. The third-order valence-corrected chi connectivity index (χ3v) is 7.45. The van der Waals surface area contributed by atoms with Gasteiger partial charge >= 0.3 is 5.97 Å². The first-order chi connectivity index (χ1) is 19.6. The molecule has 1 aliphatic heterocycles. The molecule has 0 fully saturated rings. The van der Waals surface area contributed by atoms with E-state index in [4.69, 9.17) is 14.6 Å². The van der Waals surface area contributed by atoms with Crippen LogP contribution in [0.25, 0.3) is 5.57 Å². The van der Waals surface area contributed by atoms with Gasteiger partial charge < -0.3 is 14.6 Å². The van der Waals surface area contributed by atoms with Crippen LogP contribution in [0.2, 0.25) is 0 Å². The highest BCUT2D eigenvalue weighted by Gasteiger charge is 2.40. The van der Waals surface area contributed by atoms with Crippen LogP contribution in [0.15, 0.2) is 36.4 Å². The van der Waals surface area contributed by atoms with Gasteiger partial charge in [0.15, 0.2) is 0 Å². The molecule has 1 N–H and O–H groups in total. The van der Waals surface area contributed by atoms with Gasteiger partial charge in [0, 0.05) is 25.5 Å². The number of benzene rings is 1. The van der Waals surface area contributed by atoms with Crippen LogP contribution in [0.3, 0.4) is 0 Å². The van der Waals surface area contributed by atoms with Crippen LogP contribution in [0.1, 0.15) is 116 Å².